The molecule has 0 saturated carbocycles. The van der Waals surface area contributed by atoms with E-state index in [9.17, 15) is 9.59 Å². The van der Waals surface area contributed by atoms with Crippen molar-refractivity contribution in [2.75, 3.05) is 52.2 Å². The lowest BCUT2D eigenvalue weighted by atomic mass is 10.2. The molecule has 2 N–H and O–H groups in total. The number of hydrogen-bond acceptors (Lipinski definition) is 5. The smallest absolute Gasteiger partial charge is 0.320 e. The third kappa shape index (κ3) is 5.47. The number of nitrogens with one attached hydrogen (secondary N) is 2. The zero-order valence-corrected chi connectivity index (χ0v) is 14.4. The molecule has 1 aliphatic heterocycles. The summed E-state index contributed by atoms with van der Waals surface area (Å²) in [5.41, 5.74) is 0.479. The summed E-state index contributed by atoms with van der Waals surface area (Å²) in [6, 6.07) is 2.94. The van der Waals surface area contributed by atoms with Crippen LogP contribution in [0.2, 0.25) is 0 Å². The summed E-state index contributed by atoms with van der Waals surface area (Å²) in [7, 11) is 3.36. The van der Waals surface area contributed by atoms with Gasteiger partial charge in [0.2, 0.25) is 0 Å². The summed E-state index contributed by atoms with van der Waals surface area (Å²) in [5.74, 6) is 0.279. The Kier molecular flexibility index (Phi) is 6.51. The maximum Gasteiger partial charge on any atom is 0.320 e. The van der Waals surface area contributed by atoms with Gasteiger partial charge < -0.3 is 15.0 Å². The summed E-state index contributed by atoms with van der Waals surface area (Å²) in [6.45, 7) is 5.88. The minimum Gasteiger partial charge on any atom is -0.376 e. The van der Waals surface area contributed by atoms with Crippen LogP contribution in [0.4, 0.5) is 10.6 Å². The predicted octanol–water partition coefficient (Wildman–Crippen LogP) is 0.626. The third-order valence-electron chi connectivity index (χ3n) is 3.70. The fraction of sp³-hybridized carbons (Fsp3) is 0.562. The lowest BCUT2D eigenvalue weighted by Crippen LogP contribution is -2.45. The summed E-state index contributed by atoms with van der Waals surface area (Å²) in [6.07, 6.45) is 1.69. The van der Waals surface area contributed by atoms with E-state index in [0.717, 1.165) is 26.2 Å². The van der Waals surface area contributed by atoms with E-state index in [1.807, 2.05) is 6.92 Å². The predicted molar refractivity (Wildman–Crippen MR) is 91.1 cm³/mol. The zero-order chi connectivity index (χ0) is 17.5. The minimum atomic E-state index is -0.310. The molecule has 0 radical (unpaired) electrons. The standard InChI is InChI=1S/C16H25N5O3/c1-12-11-21(8-9-24-12)7-6-17-16(23)19-14-5-4-13(10-18-14)15(22)20(2)3/h4-5,10,12H,6-9,11H2,1-3H3,(H2,17,18,19,23). The molecule has 2 rings (SSSR count). The van der Waals surface area contributed by atoms with E-state index in [1.165, 1.54) is 11.1 Å². The highest BCUT2D eigenvalue weighted by Crippen LogP contribution is 2.07. The number of ether oxygens (including phenoxy) is 1. The van der Waals surface area contributed by atoms with E-state index < -0.39 is 0 Å². The van der Waals surface area contributed by atoms with Crippen LogP contribution in [0, 0.1) is 0 Å². The molecule has 1 aromatic rings. The largest absolute Gasteiger partial charge is 0.376 e. The number of amides is 3. The van der Waals surface area contributed by atoms with Gasteiger partial charge in [-0.25, -0.2) is 9.78 Å². The fourth-order valence-electron chi connectivity index (χ4n) is 2.43. The summed E-state index contributed by atoms with van der Waals surface area (Å²) < 4.78 is 5.48. The monoisotopic (exact) mass is 335 g/mol. The Morgan fingerprint density at radius 2 is 2.21 bits per heavy atom. The molecule has 0 aliphatic carbocycles. The van der Waals surface area contributed by atoms with E-state index in [0.29, 0.717) is 17.9 Å². The number of nitrogens with zero attached hydrogens (tertiary/aromatic N) is 3. The van der Waals surface area contributed by atoms with Crippen molar-refractivity contribution in [2.45, 2.75) is 13.0 Å². The quantitative estimate of drug-likeness (QED) is 0.824. The van der Waals surface area contributed by atoms with Gasteiger partial charge in [-0.15, -0.1) is 0 Å². The lowest BCUT2D eigenvalue weighted by Gasteiger charge is -2.30. The Morgan fingerprint density at radius 1 is 1.42 bits per heavy atom. The Balaban J connectivity index is 1.73. The van der Waals surface area contributed by atoms with Crippen LogP contribution in [0.25, 0.3) is 0 Å². The van der Waals surface area contributed by atoms with Crippen molar-refractivity contribution < 1.29 is 14.3 Å². The molecule has 1 fully saturated rings. The molecule has 132 valence electrons. The maximum absolute atomic E-state index is 11.9. The van der Waals surface area contributed by atoms with Crippen LogP contribution in [-0.2, 0) is 4.74 Å². The van der Waals surface area contributed by atoms with Gasteiger partial charge in [0, 0.05) is 46.5 Å². The van der Waals surface area contributed by atoms with Crippen molar-refractivity contribution in [1.82, 2.24) is 20.1 Å². The van der Waals surface area contributed by atoms with Crippen LogP contribution >= 0.6 is 0 Å². The van der Waals surface area contributed by atoms with Crippen molar-refractivity contribution in [2.24, 2.45) is 0 Å². The highest BCUT2D eigenvalue weighted by atomic mass is 16.5. The van der Waals surface area contributed by atoms with Crippen LogP contribution in [0.1, 0.15) is 17.3 Å². The summed E-state index contributed by atoms with van der Waals surface area (Å²) in [4.78, 5) is 31.4. The molecule has 1 saturated heterocycles. The first kappa shape index (κ1) is 18.2. The molecule has 1 aromatic heterocycles. The number of carbonyl (C=O) groups excluding carboxylic acids is 2. The molecule has 3 amide bonds. The Bertz CT molecular complexity index is 561. The van der Waals surface area contributed by atoms with Crippen LogP contribution in [0.3, 0.4) is 0 Å². The third-order valence-corrected chi connectivity index (χ3v) is 3.70. The fourth-order valence-corrected chi connectivity index (χ4v) is 2.43. The Morgan fingerprint density at radius 3 is 2.83 bits per heavy atom. The zero-order valence-electron chi connectivity index (χ0n) is 14.4. The van der Waals surface area contributed by atoms with E-state index in [4.69, 9.17) is 4.74 Å². The first-order valence-electron chi connectivity index (χ1n) is 8.02. The molecule has 1 unspecified atom stereocenters. The second kappa shape index (κ2) is 8.60. The van der Waals surface area contributed by atoms with Gasteiger partial charge in [0.05, 0.1) is 18.3 Å². The van der Waals surface area contributed by atoms with Gasteiger partial charge in [0.1, 0.15) is 5.82 Å². The second-order valence-electron chi connectivity index (χ2n) is 5.99. The number of aromatic nitrogens is 1. The molecular formula is C16H25N5O3. The van der Waals surface area contributed by atoms with E-state index in [-0.39, 0.29) is 18.0 Å². The number of anilines is 1. The van der Waals surface area contributed by atoms with Crippen LogP contribution in [-0.4, -0.2) is 79.7 Å². The van der Waals surface area contributed by atoms with Gasteiger partial charge in [0.25, 0.3) is 5.91 Å². The first-order valence-corrected chi connectivity index (χ1v) is 8.02. The van der Waals surface area contributed by atoms with Gasteiger partial charge in [-0.3, -0.25) is 15.0 Å². The number of hydrogen-bond donors (Lipinski definition) is 2. The average molecular weight is 335 g/mol. The van der Waals surface area contributed by atoms with Crippen LogP contribution in [0.5, 0.6) is 0 Å². The topological polar surface area (TPSA) is 86.8 Å². The van der Waals surface area contributed by atoms with Gasteiger partial charge >= 0.3 is 6.03 Å². The van der Waals surface area contributed by atoms with Crippen molar-refractivity contribution in [1.29, 1.82) is 0 Å². The molecule has 0 aromatic carbocycles. The van der Waals surface area contributed by atoms with Gasteiger partial charge in [-0.1, -0.05) is 0 Å². The minimum absolute atomic E-state index is 0.127. The highest BCUT2D eigenvalue weighted by molar-refractivity contribution is 5.94. The molecular weight excluding hydrogens is 310 g/mol. The number of rotatable bonds is 5. The molecule has 8 heteroatoms. The van der Waals surface area contributed by atoms with E-state index in [1.54, 1.807) is 26.2 Å². The molecule has 2 heterocycles. The Labute approximate surface area is 142 Å². The first-order chi connectivity index (χ1) is 11.5. The maximum atomic E-state index is 11.9. The van der Waals surface area contributed by atoms with Crippen LogP contribution in [0.15, 0.2) is 18.3 Å². The molecule has 8 nitrogen and oxygen atoms in total. The number of morpholine rings is 1. The molecule has 0 bridgehead atoms. The van der Waals surface area contributed by atoms with Crippen molar-refractivity contribution in [3.05, 3.63) is 23.9 Å². The molecule has 1 aliphatic rings. The normalized spacial score (nSPS) is 18.0. The van der Waals surface area contributed by atoms with Crippen LogP contribution < -0.4 is 10.6 Å². The lowest BCUT2D eigenvalue weighted by molar-refractivity contribution is -0.0174. The SMILES string of the molecule is CC1CN(CCNC(=O)Nc2ccc(C(=O)N(C)C)cn2)CCO1. The summed E-state index contributed by atoms with van der Waals surface area (Å²) in [5, 5.41) is 5.46. The van der Waals surface area contributed by atoms with Crippen molar-refractivity contribution in [3.8, 4) is 0 Å². The average Bonchev–Trinajstić information content (AvgIpc) is 2.55. The number of urea groups is 1. The highest BCUT2D eigenvalue weighted by Gasteiger charge is 2.16. The molecule has 1 atom stereocenters. The van der Waals surface area contributed by atoms with Crippen molar-refractivity contribution >= 4 is 17.8 Å². The van der Waals surface area contributed by atoms with E-state index in [2.05, 4.69) is 20.5 Å². The number of carbonyl (C=O) groups is 2. The molecule has 24 heavy (non-hydrogen) atoms. The van der Waals surface area contributed by atoms with Crippen molar-refractivity contribution in [3.63, 3.8) is 0 Å². The van der Waals surface area contributed by atoms with Gasteiger partial charge in [-0.2, -0.15) is 0 Å². The summed E-state index contributed by atoms with van der Waals surface area (Å²) >= 11 is 0. The Hall–Kier alpha value is -2.19. The van der Waals surface area contributed by atoms with Gasteiger partial charge in [0.15, 0.2) is 0 Å². The number of pyridine rings is 1. The second-order valence-corrected chi connectivity index (χ2v) is 5.99. The van der Waals surface area contributed by atoms with Gasteiger partial charge in [-0.05, 0) is 19.1 Å². The van der Waals surface area contributed by atoms with E-state index >= 15 is 0 Å². The molecule has 0 spiro atoms.